The van der Waals surface area contributed by atoms with Gasteiger partial charge in [-0.25, -0.2) is 13.4 Å². The molecular formula is C15H15Cl2N3O2S. The highest BCUT2D eigenvalue weighted by Crippen LogP contribution is 2.31. The van der Waals surface area contributed by atoms with Gasteiger partial charge in [0.1, 0.15) is 10.7 Å². The van der Waals surface area contributed by atoms with Gasteiger partial charge in [0.15, 0.2) is 0 Å². The summed E-state index contributed by atoms with van der Waals surface area (Å²) in [6.45, 7) is 1.14. The van der Waals surface area contributed by atoms with Gasteiger partial charge in [-0.2, -0.15) is 4.31 Å². The first-order valence-corrected chi connectivity index (χ1v) is 9.35. The number of nitrogens with one attached hydrogen (secondary N) is 1. The van der Waals surface area contributed by atoms with Gasteiger partial charge in [-0.1, -0.05) is 29.3 Å². The van der Waals surface area contributed by atoms with E-state index in [0.717, 1.165) is 12.8 Å². The molecule has 1 fully saturated rings. The van der Waals surface area contributed by atoms with Crippen molar-refractivity contribution in [2.24, 2.45) is 0 Å². The Morgan fingerprint density at radius 2 is 1.83 bits per heavy atom. The maximum atomic E-state index is 12.4. The molecule has 1 aromatic carbocycles. The number of benzene rings is 1. The Kier molecular flexibility index (Phi) is 4.77. The van der Waals surface area contributed by atoms with Crippen LogP contribution in [0.15, 0.2) is 41.4 Å². The number of aromatic nitrogens is 1. The third-order valence-electron chi connectivity index (χ3n) is 3.65. The molecule has 122 valence electrons. The maximum Gasteiger partial charge on any atom is 0.244 e. The van der Waals surface area contributed by atoms with E-state index in [4.69, 9.17) is 23.2 Å². The minimum absolute atomic E-state index is 0.196. The lowest BCUT2D eigenvalue weighted by Crippen LogP contribution is -2.27. The summed E-state index contributed by atoms with van der Waals surface area (Å²) in [6, 6.07) is 8.38. The van der Waals surface area contributed by atoms with Crippen molar-refractivity contribution in [2.75, 3.05) is 18.4 Å². The van der Waals surface area contributed by atoms with Crippen molar-refractivity contribution in [3.05, 3.63) is 46.6 Å². The molecule has 0 amide bonds. The van der Waals surface area contributed by atoms with Crippen molar-refractivity contribution in [1.82, 2.24) is 9.29 Å². The fourth-order valence-corrected chi connectivity index (χ4v) is 4.23. The smallest absolute Gasteiger partial charge is 0.244 e. The van der Waals surface area contributed by atoms with Crippen LogP contribution in [0.5, 0.6) is 0 Å². The molecule has 0 unspecified atom stereocenters. The van der Waals surface area contributed by atoms with Gasteiger partial charge in [0.25, 0.3) is 0 Å². The molecule has 1 aliphatic heterocycles. The summed E-state index contributed by atoms with van der Waals surface area (Å²) >= 11 is 12.1. The number of halogens is 2. The molecule has 2 aromatic rings. The number of hydrogen-bond donors (Lipinski definition) is 1. The van der Waals surface area contributed by atoms with E-state index in [1.54, 1.807) is 30.3 Å². The van der Waals surface area contributed by atoms with Crippen LogP contribution in [0.1, 0.15) is 12.8 Å². The molecule has 0 radical (unpaired) electrons. The number of nitrogens with zero attached hydrogens (tertiary/aromatic N) is 2. The first-order chi connectivity index (χ1) is 11.0. The van der Waals surface area contributed by atoms with Crippen LogP contribution in [-0.2, 0) is 10.0 Å². The van der Waals surface area contributed by atoms with Crippen molar-refractivity contribution < 1.29 is 8.42 Å². The van der Waals surface area contributed by atoms with Crippen molar-refractivity contribution in [2.45, 2.75) is 17.7 Å². The fraction of sp³-hybridized carbons (Fsp3) is 0.267. The third kappa shape index (κ3) is 3.45. The summed E-state index contributed by atoms with van der Waals surface area (Å²) in [5, 5.41) is 3.85. The lowest BCUT2D eigenvalue weighted by Gasteiger charge is -2.15. The van der Waals surface area contributed by atoms with Gasteiger partial charge in [-0.05, 0) is 37.1 Å². The molecule has 1 saturated heterocycles. The van der Waals surface area contributed by atoms with Crippen molar-refractivity contribution in [3.63, 3.8) is 0 Å². The Labute approximate surface area is 145 Å². The molecule has 1 N–H and O–H groups in total. The molecule has 0 aliphatic carbocycles. The highest BCUT2D eigenvalue weighted by molar-refractivity contribution is 7.89. The predicted octanol–water partition coefficient (Wildman–Crippen LogP) is 3.92. The van der Waals surface area contributed by atoms with Crippen LogP contribution in [0, 0.1) is 0 Å². The SMILES string of the molecule is O=S(=O)(c1ccc(Nc2cccc(Cl)c2Cl)nc1)N1CCCC1. The van der Waals surface area contributed by atoms with Crippen LogP contribution in [0.25, 0.3) is 0 Å². The number of anilines is 2. The topological polar surface area (TPSA) is 62.3 Å². The Bertz CT molecular complexity index is 804. The standard InChI is InChI=1S/C15H15Cl2N3O2S/c16-12-4-3-5-13(15(12)17)19-14-7-6-11(10-18-14)23(21,22)20-8-1-2-9-20/h3-7,10H,1-2,8-9H2,(H,18,19). The highest BCUT2D eigenvalue weighted by Gasteiger charge is 2.27. The molecule has 3 rings (SSSR count). The Morgan fingerprint density at radius 3 is 2.48 bits per heavy atom. The highest BCUT2D eigenvalue weighted by atomic mass is 35.5. The van der Waals surface area contributed by atoms with Gasteiger partial charge in [-0.15, -0.1) is 0 Å². The molecule has 23 heavy (non-hydrogen) atoms. The number of sulfonamides is 1. The van der Waals surface area contributed by atoms with Gasteiger partial charge in [0.05, 0.1) is 15.7 Å². The second kappa shape index (κ2) is 6.65. The number of hydrogen-bond acceptors (Lipinski definition) is 4. The predicted molar refractivity (Wildman–Crippen MR) is 92.0 cm³/mol. The zero-order valence-corrected chi connectivity index (χ0v) is 14.5. The second-order valence-electron chi connectivity index (χ2n) is 5.22. The summed E-state index contributed by atoms with van der Waals surface area (Å²) in [5.74, 6) is 0.495. The van der Waals surface area contributed by atoms with Gasteiger partial charge in [0, 0.05) is 19.3 Å². The average Bonchev–Trinajstić information content (AvgIpc) is 3.08. The Morgan fingerprint density at radius 1 is 1.09 bits per heavy atom. The van der Waals surface area contributed by atoms with E-state index >= 15 is 0 Å². The summed E-state index contributed by atoms with van der Waals surface area (Å²) in [6.07, 6.45) is 3.16. The maximum absolute atomic E-state index is 12.4. The molecule has 5 nitrogen and oxygen atoms in total. The number of rotatable bonds is 4. The largest absolute Gasteiger partial charge is 0.339 e. The monoisotopic (exact) mass is 371 g/mol. The quantitative estimate of drug-likeness (QED) is 0.884. The van der Waals surface area contributed by atoms with Gasteiger partial charge >= 0.3 is 0 Å². The van der Waals surface area contributed by atoms with Gasteiger partial charge in [0.2, 0.25) is 10.0 Å². The average molecular weight is 372 g/mol. The van der Waals surface area contributed by atoms with E-state index in [9.17, 15) is 8.42 Å². The molecule has 0 bridgehead atoms. The van der Waals surface area contributed by atoms with Gasteiger partial charge in [-0.3, -0.25) is 0 Å². The van der Waals surface area contributed by atoms with E-state index in [-0.39, 0.29) is 4.90 Å². The van der Waals surface area contributed by atoms with Crippen molar-refractivity contribution in [3.8, 4) is 0 Å². The second-order valence-corrected chi connectivity index (χ2v) is 7.94. The summed E-state index contributed by atoms with van der Waals surface area (Å²) in [7, 11) is -3.45. The van der Waals surface area contributed by atoms with Crippen LogP contribution in [0.2, 0.25) is 10.0 Å². The Balaban J connectivity index is 1.81. The fourth-order valence-electron chi connectivity index (χ4n) is 2.42. The molecule has 0 atom stereocenters. The van der Waals surface area contributed by atoms with E-state index < -0.39 is 10.0 Å². The van der Waals surface area contributed by atoms with E-state index in [0.29, 0.717) is 34.6 Å². The Hall–Kier alpha value is -1.34. The minimum atomic E-state index is -3.45. The summed E-state index contributed by atoms with van der Waals surface area (Å²) in [5.41, 5.74) is 0.613. The summed E-state index contributed by atoms with van der Waals surface area (Å²) in [4.78, 5) is 4.36. The first kappa shape index (κ1) is 16.5. The molecule has 1 aliphatic rings. The molecule has 8 heteroatoms. The molecule has 0 saturated carbocycles. The number of pyridine rings is 1. The van der Waals surface area contributed by atoms with Crippen LogP contribution >= 0.6 is 23.2 Å². The summed E-state index contributed by atoms with van der Waals surface area (Å²) < 4.78 is 26.4. The lowest BCUT2D eigenvalue weighted by molar-refractivity contribution is 0.477. The normalized spacial score (nSPS) is 15.7. The van der Waals surface area contributed by atoms with E-state index in [1.807, 2.05) is 0 Å². The zero-order valence-electron chi connectivity index (χ0n) is 12.2. The molecule has 2 heterocycles. The molecular weight excluding hydrogens is 357 g/mol. The molecule has 1 aromatic heterocycles. The van der Waals surface area contributed by atoms with Crippen LogP contribution in [-0.4, -0.2) is 30.8 Å². The zero-order chi connectivity index (χ0) is 16.4. The minimum Gasteiger partial charge on any atom is -0.339 e. The van der Waals surface area contributed by atoms with Crippen LogP contribution in [0.4, 0.5) is 11.5 Å². The van der Waals surface area contributed by atoms with Gasteiger partial charge < -0.3 is 5.32 Å². The lowest BCUT2D eigenvalue weighted by atomic mass is 10.3. The van der Waals surface area contributed by atoms with E-state index in [2.05, 4.69) is 10.3 Å². The third-order valence-corrected chi connectivity index (χ3v) is 6.35. The van der Waals surface area contributed by atoms with E-state index in [1.165, 1.54) is 10.5 Å². The van der Waals surface area contributed by atoms with Crippen LogP contribution in [0.3, 0.4) is 0 Å². The molecule has 0 spiro atoms. The van der Waals surface area contributed by atoms with Crippen molar-refractivity contribution in [1.29, 1.82) is 0 Å². The van der Waals surface area contributed by atoms with Crippen molar-refractivity contribution >= 4 is 44.7 Å². The van der Waals surface area contributed by atoms with Crippen LogP contribution < -0.4 is 5.32 Å². The first-order valence-electron chi connectivity index (χ1n) is 7.16.